The number of carbonyl (C=O) groups excluding carboxylic acids is 1. The van der Waals surface area contributed by atoms with Crippen LogP contribution in [0.25, 0.3) is 16.6 Å². The maximum Gasteiger partial charge on any atom is 0.266 e. The topological polar surface area (TPSA) is 67.2 Å². The Morgan fingerprint density at radius 1 is 1.12 bits per heavy atom. The number of aromatic nitrogens is 2. The Morgan fingerprint density at radius 3 is 2.62 bits per heavy atom. The molecule has 1 saturated heterocycles. The van der Waals surface area contributed by atoms with E-state index in [0.29, 0.717) is 16.1 Å². The van der Waals surface area contributed by atoms with Crippen LogP contribution in [0.1, 0.15) is 30.9 Å². The molecule has 2 aromatic carbocycles. The van der Waals surface area contributed by atoms with Gasteiger partial charge in [-0.2, -0.15) is 0 Å². The summed E-state index contributed by atoms with van der Waals surface area (Å²) in [7, 11) is 0. The third kappa shape index (κ3) is 4.74. The van der Waals surface area contributed by atoms with Crippen LogP contribution in [0.3, 0.4) is 0 Å². The standard InChI is InChI=1S/C25H30N4O2S/c1-4-28-14-12-19(13-15-28)26-23(30)16-32-25-27-21-10-6-5-9-20(21)24(31)29(25)22-11-7-8-17(2)18(22)3/h5-11,19H,4,12-16H2,1-3H3,(H,26,30). The van der Waals surface area contributed by atoms with Gasteiger partial charge in [-0.25, -0.2) is 4.98 Å². The van der Waals surface area contributed by atoms with E-state index in [1.807, 2.05) is 50.2 Å². The van der Waals surface area contributed by atoms with Crippen molar-refractivity contribution in [2.75, 3.05) is 25.4 Å². The minimum absolute atomic E-state index is 0.0140. The fourth-order valence-corrected chi connectivity index (χ4v) is 5.01. The summed E-state index contributed by atoms with van der Waals surface area (Å²) in [6.45, 7) is 9.31. The van der Waals surface area contributed by atoms with Crippen molar-refractivity contribution < 1.29 is 4.79 Å². The summed E-state index contributed by atoms with van der Waals surface area (Å²) >= 11 is 1.32. The molecule has 0 saturated carbocycles. The van der Waals surface area contributed by atoms with E-state index in [0.717, 1.165) is 49.3 Å². The Balaban J connectivity index is 1.60. The number of amides is 1. The average Bonchev–Trinajstić information content (AvgIpc) is 2.80. The number of benzene rings is 2. The molecular formula is C25H30N4O2S. The van der Waals surface area contributed by atoms with Crippen molar-refractivity contribution in [3.63, 3.8) is 0 Å². The SMILES string of the molecule is CCN1CCC(NC(=O)CSc2nc3ccccc3c(=O)n2-c2cccc(C)c2C)CC1. The number of nitrogens with one attached hydrogen (secondary N) is 1. The third-order valence-corrected chi connectivity index (χ3v) is 7.23. The second kappa shape index (κ2) is 9.88. The zero-order valence-corrected chi connectivity index (χ0v) is 19.7. The molecule has 32 heavy (non-hydrogen) atoms. The van der Waals surface area contributed by atoms with E-state index < -0.39 is 0 Å². The predicted molar refractivity (Wildman–Crippen MR) is 131 cm³/mol. The smallest absolute Gasteiger partial charge is 0.266 e. The molecule has 1 fully saturated rings. The van der Waals surface area contributed by atoms with Crippen LogP contribution >= 0.6 is 11.8 Å². The van der Waals surface area contributed by atoms with Gasteiger partial charge in [-0.1, -0.05) is 43.0 Å². The van der Waals surface area contributed by atoms with E-state index in [1.54, 1.807) is 10.6 Å². The molecule has 1 aromatic heterocycles. The Kier molecular flexibility index (Phi) is 6.96. The predicted octanol–water partition coefficient (Wildman–Crippen LogP) is 3.70. The van der Waals surface area contributed by atoms with Gasteiger partial charge in [0, 0.05) is 19.1 Å². The van der Waals surface area contributed by atoms with Gasteiger partial charge in [-0.05, 0) is 62.6 Å². The second-order valence-corrected chi connectivity index (χ2v) is 9.28. The fraction of sp³-hybridized carbons (Fsp3) is 0.400. The second-order valence-electron chi connectivity index (χ2n) is 8.34. The van der Waals surface area contributed by atoms with Gasteiger partial charge in [0.1, 0.15) is 0 Å². The number of thioether (sulfide) groups is 1. The number of rotatable bonds is 6. The lowest BCUT2D eigenvalue weighted by molar-refractivity contribution is -0.119. The number of piperidine rings is 1. The molecule has 7 heteroatoms. The summed E-state index contributed by atoms with van der Waals surface area (Å²) in [6, 6.07) is 13.5. The quantitative estimate of drug-likeness (QED) is 0.458. The van der Waals surface area contributed by atoms with Crippen LogP contribution in [0.2, 0.25) is 0 Å². The molecule has 4 rings (SSSR count). The molecular weight excluding hydrogens is 420 g/mol. The minimum Gasteiger partial charge on any atom is -0.353 e. The first-order valence-electron chi connectivity index (χ1n) is 11.2. The first-order chi connectivity index (χ1) is 15.5. The lowest BCUT2D eigenvalue weighted by atomic mass is 10.1. The van der Waals surface area contributed by atoms with Crippen molar-refractivity contribution in [1.29, 1.82) is 0 Å². The molecule has 6 nitrogen and oxygen atoms in total. The number of carbonyl (C=O) groups is 1. The van der Waals surface area contributed by atoms with Gasteiger partial charge >= 0.3 is 0 Å². The summed E-state index contributed by atoms with van der Waals surface area (Å²) in [6.07, 6.45) is 1.96. The van der Waals surface area contributed by atoms with Crippen molar-refractivity contribution in [2.24, 2.45) is 0 Å². The van der Waals surface area contributed by atoms with Gasteiger partial charge in [-0.15, -0.1) is 0 Å². The van der Waals surface area contributed by atoms with Crippen LogP contribution in [0.5, 0.6) is 0 Å². The number of nitrogens with zero attached hydrogens (tertiary/aromatic N) is 3. The van der Waals surface area contributed by atoms with Crippen molar-refractivity contribution in [1.82, 2.24) is 19.8 Å². The lowest BCUT2D eigenvalue weighted by Crippen LogP contribution is -2.45. The molecule has 1 aliphatic heterocycles. The maximum absolute atomic E-state index is 13.4. The molecule has 0 spiro atoms. The van der Waals surface area contributed by atoms with E-state index in [2.05, 4.69) is 17.1 Å². The molecule has 0 aliphatic carbocycles. The maximum atomic E-state index is 13.4. The summed E-state index contributed by atoms with van der Waals surface area (Å²) in [5.41, 5.74) is 3.48. The number of aryl methyl sites for hydroxylation is 1. The van der Waals surface area contributed by atoms with Crippen LogP contribution < -0.4 is 10.9 Å². The Bertz CT molecular complexity index is 1180. The zero-order valence-electron chi connectivity index (χ0n) is 18.9. The molecule has 0 unspecified atom stereocenters. The highest BCUT2D eigenvalue weighted by molar-refractivity contribution is 7.99. The number of hydrogen-bond donors (Lipinski definition) is 1. The monoisotopic (exact) mass is 450 g/mol. The lowest BCUT2D eigenvalue weighted by Gasteiger charge is -2.31. The molecule has 1 amide bonds. The minimum atomic E-state index is -0.112. The van der Waals surface area contributed by atoms with E-state index in [4.69, 9.17) is 4.98 Å². The van der Waals surface area contributed by atoms with Crippen LogP contribution in [0.15, 0.2) is 52.4 Å². The Hall–Kier alpha value is -2.64. The van der Waals surface area contributed by atoms with Crippen LogP contribution in [-0.2, 0) is 4.79 Å². The van der Waals surface area contributed by atoms with E-state index in [9.17, 15) is 9.59 Å². The largest absolute Gasteiger partial charge is 0.353 e. The van der Waals surface area contributed by atoms with Crippen molar-refractivity contribution in [2.45, 2.75) is 44.8 Å². The van der Waals surface area contributed by atoms with Crippen molar-refractivity contribution in [3.8, 4) is 5.69 Å². The molecule has 1 aliphatic rings. The molecule has 3 aromatic rings. The highest BCUT2D eigenvalue weighted by Gasteiger charge is 2.21. The summed E-state index contributed by atoms with van der Waals surface area (Å²) in [5, 5.41) is 4.28. The molecule has 0 atom stereocenters. The highest BCUT2D eigenvalue weighted by Crippen LogP contribution is 2.24. The van der Waals surface area contributed by atoms with E-state index in [-0.39, 0.29) is 23.3 Å². The Labute approximate surface area is 193 Å². The average molecular weight is 451 g/mol. The van der Waals surface area contributed by atoms with Crippen LogP contribution in [0.4, 0.5) is 0 Å². The van der Waals surface area contributed by atoms with Crippen molar-refractivity contribution >= 4 is 28.6 Å². The molecule has 1 N–H and O–H groups in total. The molecule has 168 valence electrons. The van der Waals surface area contributed by atoms with Gasteiger partial charge in [-0.3, -0.25) is 14.2 Å². The van der Waals surface area contributed by atoms with Gasteiger partial charge in [0.05, 0.1) is 22.3 Å². The van der Waals surface area contributed by atoms with Crippen molar-refractivity contribution in [3.05, 3.63) is 63.9 Å². The summed E-state index contributed by atoms with van der Waals surface area (Å²) in [4.78, 5) is 33.3. The molecule has 2 heterocycles. The van der Waals surface area contributed by atoms with Gasteiger partial charge in [0.25, 0.3) is 5.56 Å². The Morgan fingerprint density at radius 2 is 1.88 bits per heavy atom. The number of likely N-dealkylation sites (tertiary alicyclic amines) is 1. The number of para-hydroxylation sites is 1. The zero-order chi connectivity index (χ0) is 22.7. The first kappa shape index (κ1) is 22.6. The van der Waals surface area contributed by atoms with Gasteiger partial charge in [0.2, 0.25) is 5.91 Å². The highest BCUT2D eigenvalue weighted by atomic mass is 32.2. The first-order valence-corrected chi connectivity index (χ1v) is 12.2. The van der Waals surface area contributed by atoms with Crippen LogP contribution in [0, 0.1) is 13.8 Å². The summed E-state index contributed by atoms with van der Waals surface area (Å²) < 4.78 is 1.66. The number of fused-ring (bicyclic) bond motifs is 1. The fourth-order valence-electron chi connectivity index (χ4n) is 4.19. The summed E-state index contributed by atoms with van der Waals surface area (Å²) in [5.74, 6) is 0.212. The molecule has 0 radical (unpaired) electrons. The van der Waals surface area contributed by atoms with E-state index >= 15 is 0 Å². The van der Waals surface area contributed by atoms with Crippen LogP contribution in [-0.4, -0.2) is 51.8 Å². The number of hydrogen-bond acceptors (Lipinski definition) is 5. The van der Waals surface area contributed by atoms with Gasteiger partial charge in [0.15, 0.2) is 5.16 Å². The molecule has 0 bridgehead atoms. The third-order valence-electron chi connectivity index (χ3n) is 6.29. The van der Waals surface area contributed by atoms with E-state index in [1.165, 1.54) is 11.8 Å². The van der Waals surface area contributed by atoms with Gasteiger partial charge < -0.3 is 10.2 Å². The normalized spacial score (nSPS) is 15.2.